The zero-order chi connectivity index (χ0) is 39.5. The van der Waals surface area contributed by atoms with E-state index in [9.17, 15) is 9.59 Å². The standard InChI is InChI=1S/2C15H30O6.C6H6O2/c2*1-8-13(4,5)18-20-15(10-3,11-12(16)17)21-19-14(6,7)9-2;7-5-1-2-6(8)4-3-5/h2*8-11H2,1-7H3,(H,16,17);1-4,7-8H. The van der Waals surface area contributed by atoms with Gasteiger partial charge in [-0.2, -0.15) is 19.6 Å². The minimum Gasteiger partial charge on any atom is -0.508 e. The van der Waals surface area contributed by atoms with E-state index in [2.05, 4.69) is 0 Å². The SMILES string of the molecule is CCC(C)(C)OOC(CC)(CC(=O)O)OOC(C)(C)CC.CCC(C)(C)OOC(CC)(CC(=O)O)OOC(C)(C)CC.Oc1ccc(O)cc1. The van der Waals surface area contributed by atoms with Crippen molar-refractivity contribution in [2.45, 2.75) is 182 Å². The molecular weight excluding hydrogens is 656 g/mol. The van der Waals surface area contributed by atoms with Crippen LogP contribution in [-0.2, 0) is 48.7 Å². The summed E-state index contributed by atoms with van der Waals surface area (Å²) in [4.78, 5) is 65.1. The van der Waals surface area contributed by atoms with Crippen molar-refractivity contribution in [2.24, 2.45) is 0 Å². The lowest BCUT2D eigenvalue weighted by molar-refractivity contribution is -0.543. The molecule has 294 valence electrons. The Kier molecular flexibility index (Phi) is 22.2. The first-order valence-electron chi connectivity index (χ1n) is 17.2. The fourth-order valence-electron chi connectivity index (χ4n) is 2.54. The predicted octanol–water partition coefficient (Wildman–Crippen LogP) is 8.78. The molecule has 0 saturated heterocycles. The van der Waals surface area contributed by atoms with Gasteiger partial charge in [-0.3, -0.25) is 9.59 Å². The normalized spacial score (nSPS) is 12.8. The molecule has 1 aromatic carbocycles. The fraction of sp³-hybridized carbons (Fsp3) is 0.778. The number of aromatic hydroxyl groups is 2. The number of rotatable bonds is 22. The maximum absolute atomic E-state index is 11.1. The Morgan fingerprint density at radius 2 is 0.640 bits per heavy atom. The second-order valence-electron chi connectivity index (χ2n) is 14.3. The van der Waals surface area contributed by atoms with E-state index in [1.54, 1.807) is 13.8 Å². The zero-order valence-electron chi connectivity index (χ0n) is 32.8. The molecule has 14 nitrogen and oxygen atoms in total. The van der Waals surface area contributed by atoms with Gasteiger partial charge >= 0.3 is 11.9 Å². The number of carbonyl (C=O) groups is 2. The van der Waals surface area contributed by atoms with E-state index in [1.165, 1.54) is 24.3 Å². The summed E-state index contributed by atoms with van der Waals surface area (Å²) in [5.41, 5.74) is -2.16. The molecule has 14 heteroatoms. The van der Waals surface area contributed by atoms with E-state index >= 15 is 0 Å². The average molecular weight is 723 g/mol. The number of carboxylic acid groups (broad SMARTS) is 2. The van der Waals surface area contributed by atoms with Crippen LogP contribution in [0.5, 0.6) is 11.5 Å². The maximum Gasteiger partial charge on any atom is 0.309 e. The first kappa shape index (κ1) is 49.6. The lowest BCUT2D eigenvalue weighted by Crippen LogP contribution is -2.43. The van der Waals surface area contributed by atoms with Crippen LogP contribution in [0.4, 0.5) is 0 Å². The van der Waals surface area contributed by atoms with E-state index < -0.39 is 45.9 Å². The first-order valence-corrected chi connectivity index (χ1v) is 17.2. The molecule has 0 fully saturated rings. The first-order chi connectivity index (χ1) is 22.8. The summed E-state index contributed by atoms with van der Waals surface area (Å²) < 4.78 is 0. The monoisotopic (exact) mass is 722 g/mol. The maximum atomic E-state index is 11.1. The Morgan fingerprint density at radius 3 is 0.780 bits per heavy atom. The summed E-state index contributed by atoms with van der Waals surface area (Å²) >= 11 is 0. The molecular formula is C36H66O14. The molecule has 0 atom stereocenters. The number of carboxylic acids is 2. The van der Waals surface area contributed by atoms with Gasteiger partial charge in [0.1, 0.15) is 24.3 Å². The predicted molar refractivity (Wildman–Crippen MR) is 186 cm³/mol. The molecule has 0 aliphatic heterocycles. The van der Waals surface area contributed by atoms with Crippen LogP contribution in [0.25, 0.3) is 0 Å². The Bertz CT molecular complexity index is 958. The van der Waals surface area contributed by atoms with Crippen molar-refractivity contribution in [1.29, 1.82) is 0 Å². The van der Waals surface area contributed by atoms with E-state index in [0.29, 0.717) is 25.7 Å². The van der Waals surface area contributed by atoms with Gasteiger partial charge in [0.25, 0.3) is 0 Å². The van der Waals surface area contributed by atoms with Crippen LogP contribution in [-0.4, -0.2) is 66.3 Å². The van der Waals surface area contributed by atoms with Crippen molar-refractivity contribution in [3.8, 4) is 11.5 Å². The van der Waals surface area contributed by atoms with Gasteiger partial charge in [-0.15, -0.1) is 0 Å². The van der Waals surface area contributed by atoms with Crippen molar-refractivity contribution >= 4 is 11.9 Å². The Morgan fingerprint density at radius 1 is 0.440 bits per heavy atom. The molecule has 0 amide bonds. The van der Waals surface area contributed by atoms with E-state index in [4.69, 9.17) is 59.5 Å². The number of hydrogen-bond acceptors (Lipinski definition) is 12. The molecule has 1 rings (SSSR count). The van der Waals surface area contributed by atoms with Crippen LogP contribution in [0.15, 0.2) is 24.3 Å². The van der Waals surface area contributed by atoms with Crippen LogP contribution >= 0.6 is 0 Å². The number of aliphatic carboxylic acids is 2. The number of benzene rings is 1. The van der Waals surface area contributed by atoms with Gasteiger partial charge < -0.3 is 20.4 Å². The van der Waals surface area contributed by atoms with Crippen LogP contribution in [0.2, 0.25) is 0 Å². The van der Waals surface area contributed by atoms with Crippen molar-refractivity contribution in [3.63, 3.8) is 0 Å². The quantitative estimate of drug-likeness (QED) is 0.0384. The van der Waals surface area contributed by atoms with Crippen molar-refractivity contribution in [2.75, 3.05) is 0 Å². The number of phenols is 2. The molecule has 0 spiro atoms. The van der Waals surface area contributed by atoms with E-state index in [-0.39, 0.29) is 37.2 Å². The minimum absolute atomic E-state index is 0.169. The molecule has 0 heterocycles. The van der Waals surface area contributed by atoms with Crippen LogP contribution in [0, 0.1) is 0 Å². The minimum atomic E-state index is -1.47. The fourth-order valence-corrected chi connectivity index (χ4v) is 2.54. The highest BCUT2D eigenvalue weighted by molar-refractivity contribution is 5.68. The smallest absolute Gasteiger partial charge is 0.309 e. The van der Waals surface area contributed by atoms with Gasteiger partial charge in [0.15, 0.2) is 0 Å². The molecule has 0 aliphatic carbocycles. The zero-order valence-corrected chi connectivity index (χ0v) is 32.8. The largest absolute Gasteiger partial charge is 0.508 e. The average Bonchev–Trinajstić information content (AvgIpc) is 3.05. The highest BCUT2D eigenvalue weighted by Crippen LogP contribution is 2.31. The Hall–Kier alpha value is -2.56. The van der Waals surface area contributed by atoms with Gasteiger partial charge in [0, 0.05) is 12.8 Å². The van der Waals surface area contributed by atoms with Gasteiger partial charge in [-0.25, -0.2) is 19.6 Å². The van der Waals surface area contributed by atoms with Gasteiger partial charge in [-0.1, -0.05) is 41.5 Å². The molecule has 0 aliphatic rings. The molecule has 4 N–H and O–H groups in total. The molecule has 0 bridgehead atoms. The lowest BCUT2D eigenvalue weighted by atomic mass is 10.1. The Balaban J connectivity index is 0. The highest BCUT2D eigenvalue weighted by Gasteiger charge is 2.41. The Labute approximate surface area is 299 Å². The van der Waals surface area contributed by atoms with Crippen LogP contribution < -0.4 is 0 Å². The molecule has 0 unspecified atom stereocenters. The molecule has 1 aromatic rings. The summed E-state index contributed by atoms with van der Waals surface area (Å²) in [6, 6.07) is 5.70. The summed E-state index contributed by atoms with van der Waals surface area (Å²) in [6.45, 7) is 26.1. The van der Waals surface area contributed by atoms with Crippen molar-refractivity contribution in [1.82, 2.24) is 0 Å². The summed E-state index contributed by atoms with van der Waals surface area (Å²) in [7, 11) is 0. The highest BCUT2D eigenvalue weighted by atomic mass is 17.3. The van der Waals surface area contributed by atoms with Gasteiger partial charge in [0.05, 0.1) is 22.4 Å². The lowest BCUT2D eigenvalue weighted by Gasteiger charge is -2.35. The molecule has 50 heavy (non-hydrogen) atoms. The third kappa shape index (κ3) is 22.3. The summed E-state index contributed by atoms with van der Waals surface area (Å²) in [5.74, 6) is -4.69. The third-order valence-electron chi connectivity index (χ3n) is 7.85. The van der Waals surface area contributed by atoms with Crippen LogP contribution in [0.1, 0.15) is 148 Å². The number of phenolic OH excluding ortho intramolecular Hbond substituents is 2. The van der Waals surface area contributed by atoms with Crippen LogP contribution in [0.3, 0.4) is 0 Å². The van der Waals surface area contributed by atoms with Gasteiger partial charge in [-0.05, 0) is 105 Å². The van der Waals surface area contributed by atoms with Crippen molar-refractivity contribution < 1.29 is 69.1 Å². The second-order valence-corrected chi connectivity index (χ2v) is 14.3. The molecule has 0 radical (unpaired) electrons. The topological polar surface area (TPSA) is 189 Å². The third-order valence-corrected chi connectivity index (χ3v) is 7.85. The molecule has 0 saturated carbocycles. The van der Waals surface area contributed by atoms with Gasteiger partial charge in [0.2, 0.25) is 11.6 Å². The second kappa shape index (κ2) is 22.4. The van der Waals surface area contributed by atoms with E-state index in [1.807, 2.05) is 83.1 Å². The molecule has 0 aromatic heterocycles. The van der Waals surface area contributed by atoms with Crippen molar-refractivity contribution in [3.05, 3.63) is 24.3 Å². The van der Waals surface area contributed by atoms with E-state index in [0.717, 1.165) is 0 Å². The summed E-state index contributed by atoms with van der Waals surface area (Å²) in [5, 5.41) is 35.5. The number of hydrogen-bond donors (Lipinski definition) is 4. The summed E-state index contributed by atoms with van der Waals surface area (Å²) in [6.07, 6.45) is 2.65.